The first-order valence-corrected chi connectivity index (χ1v) is 5.05. The summed E-state index contributed by atoms with van der Waals surface area (Å²) >= 11 is 0. The molecule has 0 aliphatic heterocycles. The van der Waals surface area contributed by atoms with Gasteiger partial charge in [-0.3, -0.25) is 0 Å². The first-order chi connectivity index (χ1) is 6.65. The van der Waals surface area contributed by atoms with Gasteiger partial charge < -0.3 is 10.2 Å². The Morgan fingerprint density at radius 2 is 1.64 bits per heavy atom. The highest BCUT2D eigenvalue weighted by molar-refractivity contribution is 5.40. The smallest absolute Gasteiger partial charge is 0.116 e. The molecule has 1 rings (SSSR count). The van der Waals surface area contributed by atoms with Crippen LogP contribution in [0.15, 0.2) is 12.1 Å². The Bertz CT molecular complexity index is 282. The summed E-state index contributed by atoms with van der Waals surface area (Å²) in [7, 11) is 0. The van der Waals surface area contributed by atoms with Gasteiger partial charge in [-0.05, 0) is 61.9 Å². The van der Waals surface area contributed by atoms with Crippen LogP contribution in [-0.4, -0.2) is 16.8 Å². The lowest BCUT2D eigenvalue weighted by atomic mass is 9.97. The van der Waals surface area contributed by atoms with E-state index in [1.54, 1.807) is 12.1 Å². The SMILES string of the molecule is Cc1cc(O)cc(C)c1CCCCO. The fraction of sp³-hybridized carbons (Fsp3) is 0.500. The van der Waals surface area contributed by atoms with Crippen LogP contribution < -0.4 is 0 Å². The molecule has 0 amide bonds. The second kappa shape index (κ2) is 5.01. The van der Waals surface area contributed by atoms with Gasteiger partial charge in [-0.2, -0.15) is 0 Å². The molecule has 0 aliphatic carbocycles. The van der Waals surface area contributed by atoms with Crippen LogP contribution in [0.5, 0.6) is 5.75 Å². The highest BCUT2D eigenvalue weighted by atomic mass is 16.3. The van der Waals surface area contributed by atoms with Gasteiger partial charge in [0.2, 0.25) is 0 Å². The minimum Gasteiger partial charge on any atom is -0.508 e. The zero-order valence-electron chi connectivity index (χ0n) is 8.88. The van der Waals surface area contributed by atoms with Crippen molar-refractivity contribution in [3.05, 3.63) is 28.8 Å². The molecule has 0 aromatic heterocycles. The number of aliphatic hydroxyl groups is 1. The molecular weight excluding hydrogens is 176 g/mol. The highest BCUT2D eigenvalue weighted by Crippen LogP contribution is 2.22. The third-order valence-corrected chi connectivity index (χ3v) is 2.52. The summed E-state index contributed by atoms with van der Waals surface area (Å²) in [5.74, 6) is 0.339. The van der Waals surface area contributed by atoms with E-state index in [4.69, 9.17) is 5.11 Å². The molecule has 0 fully saturated rings. The predicted molar refractivity (Wildman–Crippen MR) is 57.6 cm³/mol. The van der Waals surface area contributed by atoms with Gasteiger partial charge >= 0.3 is 0 Å². The fourth-order valence-electron chi connectivity index (χ4n) is 1.78. The van der Waals surface area contributed by atoms with Crippen molar-refractivity contribution in [3.8, 4) is 5.75 Å². The Labute approximate surface area is 85.2 Å². The largest absolute Gasteiger partial charge is 0.508 e. The van der Waals surface area contributed by atoms with E-state index in [9.17, 15) is 5.11 Å². The Morgan fingerprint density at radius 3 is 2.14 bits per heavy atom. The van der Waals surface area contributed by atoms with Crippen molar-refractivity contribution >= 4 is 0 Å². The maximum Gasteiger partial charge on any atom is 0.116 e. The lowest BCUT2D eigenvalue weighted by Gasteiger charge is -2.09. The monoisotopic (exact) mass is 194 g/mol. The van der Waals surface area contributed by atoms with Crippen molar-refractivity contribution < 1.29 is 10.2 Å². The van der Waals surface area contributed by atoms with Crippen molar-refractivity contribution in [1.82, 2.24) is 0 Å². The van der Waals surface area contributed by atoms with Crippen molar-refractivity contribution in [3.63, 3.8) is 0 Å². The molecule has 2 heteroatoms. The van der Waals surface area contributed by atoms with Gasteiger partial charge in [-0.15, -0.1) is 0 Å². The molecule has 1 aromatic carbocycles. The summed E-state index contributed by atoms with van der Waals surface area (Å²) in [6, 6.07) is 3.59. The van der Waals surface area contributed by atoms with E-state index >= 15 is 0 Å². The minimum atomic E-state index is 0.260. The summed E-state index contributed by atoms with van der Waals surface area (Å²) < 4.78 is 0. The van der Waals surface area contributed by atoms with Gasteiger partial charge in [-0.1, -0.05) is 0 Å². The molecule has 14 heavy (non-hydrogen) atoms. The number of rotatable bonds is 4. The molecule has 0 unspecified atom stereocenters. The normalized spacial score (nSPS) is 10.5. The summed E-state index contributed by atoms with van der Waals surface area (Å²) in [4.78, 5) is 0. The molecule has 1 aromatic rings. The van der Waals surface area contributed by atoms with Crippen molar-refractivity contribution in [2.45, 2.75) is 33.1 Å². The number of phenolic OH excluding ortho intramolecular Hbond substituents is 1. The van der Waals surface area contributed by atoms with Crippen LogP contribution in [-0.2, 0) is 6.42 Å². The van der Waals surface area contributed by atoms with Gasteiger partial charge in [0.1, 0.15) is 5.75 Å². The molecule has 0 saturated heterocycles. The van der Waals surface area contributed by atoms with E-state index in [1.807, 2.05) is 13.8 Å². The molecule has 0 bridgehead atoms. The van der Waals surface area contributed by atoms with E-state index in [2.05, 4.69) is 0 Å². The van der Waals surface area contributed by atoms with E-state index in [-0.39, 0.29) is 6.61 Å². The number of phenols is 1. The molecule has 0 heterocycles. The zero-order chi connectivity index (χ0) is 10.6. The summed E-state index contributed by atoms with van der Waals surface area (Å²) in [5.41, 5.74) is 3.58. The van der Waals surface area contributed by atoms with E-state index < -0.39 is 0 Å². The molecule has 0 spiro atoms. The molecule has 0 atom stereocenters. The molecule has 2 nitrogen and oxygen atoms in total. The van der Waals surface area contributed by atoms with E-state index in [1.165, 1.54) is 5.56 Å². The van der Waals surface area contributed by atoms with Gasteiger partial charge in [0.05, 0.1) is 0 Å². The maximum atomic E-state index is 9.35. The second-order valence-corrected chi connectivity index (χ2v) is 3.74. The topological polar surface area (TPSA) is 40.5 Å². The van der Waals surface area contributed by atoms with Crippen LogP contribution in [0.2, 0.25) is 0 Å². The van der Waals surface area contributed by atoms with Crippen LogP contribution in [0.3, 0.4) is 0 Å². The van der Waals surface area contributed by atoms with Crippen LogP contribution in [0.25, 0.3) is 0 Å². The zero-order valence-corrected chi connectivity index (χ0v) is 8.88. The molecular formula is C12H18O2. The summed E-state index contributed by atoms with van der Waals surface area (Å²) in [5, 5.41) is 18.0. The van der Waals surface area contributed by atoms with Gasteiger partial charge in [0.25, 0.3) is 0 Å². The third-order valence-electron chi connectivity index (χ3n) is 2.52. The van der Waals surface area contributed by atoms with Gasteiger partial charge in [0.15, 0.2) is 0 Å². The van der Waals surface area contributed by atoms with Crippen molar-refractivity contribution in [1.29, 1.82) is 0 Å². The first-order valence-electron chi connectivity index (χ1n) is 5.05. The standard InChI is InChI=1S/C12H18O2/c1-9-7-11(14)8-10(2)12(9)5-3-4-6-13/h7-8,13-14H,3-6H2,1-2H3. The maximum absolute atomic E-state index is 9.35. The Hall–Kier alpha value is -1.02. The van der Waals surface area contributed by atoms with Gasteiger partial charge in [-0.25, -0.2) is 0 Å². The minimum absolute atomic E-state index is 0.260. The number of aryl methyl sites for hydroxylation is 2. The van der Waals surface area contributed by atoms with Crippen LogP contribution in [0, 0.1) is 13.8 Å². The molecule has 2 N–H and O–H groups in total. The lowest BCUT2D eigenvalue weighted by Crippen LogP contribution is -1.95. The van der Waals surface area contributed by atoms with Gasteiger partial charge in [0, 0.05) is 6.61 Å². The third kappa shape index (κ3) is 2.74. The summed E-state index contributed by atoms with van der Waals surface area (Å²) in [6.07, 6.45) is 2.83. The molecule has 78 valence electrons. The van der Waals surface area contributed by atoms with Crippen molar-refractivity contribution in [2.75, 3.05) is 6.61 Å². The number of aromatic hydroxyl groups is 1. The number of hydrogen-bond donors (Lipinski definition) is 2. The highest BCUT2D eigenvalue weighted by Gasteiger charge is 2.04. The van der Waals surface area contributed by atoms with Crippen LogP contribution >= 0.6 is 0 Å². The first kappa shape index (κ1) is 11.1. The van der Waals surface area contributed by atoms with Crippen LogP contribution in [0.1, 0.15) is 29.5 Å². The average molecular weight is 194 g/mol. The number of aliphatic hydroxyl groups excluding tert-OH is 1. The Kier molecular flexibility index (Phi) is 3.96. The predicted octanol–water partition coefficient (Wildman–Crippen LogP) is 2.32. The summed E-state index contributed by atoms with van der Waals surface area (Å²) in [6.45, 7) is 4.29. The second-order valence-electron chi connectivity index (χ2n) is 3.74. The van der Waals surface area contributed by atoms with E-state index in [0.717, 1.165) is 30.4 Å². The fourth-order valence-corrected chi connectivity index (χ4v) is 1.78. The Morgan fingerprint density at radius 1 is 1.07 bits per heavy atom. The molecule has 0 saturated carbocycles. The quantitative estimate of drug-likeness (QED) is 0.722. The van der Waals surface area contributed by atoms with Crippen molar-refractivity contribution in [2.24, 2.45) is 0 Å². The number of hydrogen-bond acceptors (Lipinski definition) is 2. The van der Waals surface area contributed by atoms with Crippen LogP contribution in [0.4, 0.5) is 0 Å². The number of benzene rings is 1. The van der Waals surface area contributed by atoms with E-state index in [0.29, 0.717) is 5.75 Å². The average Bonchev–Trinajstić information content (AvgIpc) is 2.09. The Balaban J connectivity index is 2.75. The molecule has 0 radical (unpaired) electrons. The molecule has 0 aliphatic rings. The lowest BCUT2D eigenvalue weighted by molar-refractivity contribution is 0.284. The number of unbranched alkanes of at least 4 members (excludes halogenated alkanes) is 1.